The third kappa shape index (κ3) is 2.86. The van der Waals surface area contributed by atoms with Crippen molar-refractivity contribution in [2.24, 2.45) is 5.73 Å². The fourth-order valence-electron chi connectivity index (χ4n) is 2.45. The minimum Gasteiger partial charge on any atom is -0.341 e. The van der Waals surface area contributed by atoms with Gasteiger partial charge in [0.25, 0.3) is 0 Å². The minimum absolute atomic E-state index is 0.0801. The third-order valence-corrected chi connectivity index (χ3v) is 3.47. The lowest BCUT2D eigenvalue weighted by molar-refractivity contribution is -0.133. The molecule has 1 aromatic carbocycles. The summed E-state index contributed by atoms with van der Waals surface area (Å²) in [5.74, 6) is 0.671. The summed E-state index contributed by atoms with van der Waals surface area (Å²) < 4.78 is 0. The first kappa shape index (κ1) is 12.1. The Morgan fingerprint density at radius 3 is 2.41 bits per heavy atom. The number of hydrogen-bond donors (Lipinski definition) is 1. The van der Waals surface area contributed by atoms with Crippen LogP contribution in [0.5, 0.6) is 0 Å². The third-order valence-electron chi connectivity index (χ3n) is 3.47. The first-order valence-corrected chi connectivity index (χ1v) is 6.28. The smallest absolute Gasteiger partial charge is 0.239 e. The Hall–Kier alpha value is -1.35. The second kappa shape index (κ2) is 5.32. The van der Waals surface area contributed by atoms with Gasteiger partial charge in [-0.3, -0.25) is 4.79 Å². The van der Waals surface area contributed by atoms with Crippen molar-refractivity contribution in [1.82, 2.24) is 4.90 Å². The van der Waals surface area contributed by atoms with Crippen molar-refractivity contribution < 1.29 is 4.79 Å². The van der Waals surface area contributed by atoms with Crippen LogP contribution in [0.1, 0.15) is 31.2 Å². The molecule has 0 saturated carbocycles. The fourth-order valence-corrected chi connectivity index (χ4v) is 2.45. The highest BCUT2D eigenvalue weighted by molar-refractivity contribution is 5.81. The van der Waals surface area contributed by atoms with Gasteiger partial charge in [-0.15, -0.1) is 0 Å². The lowest BCUT2D eigenvalue weighted by atomic mass is 9.89. The number of hydrogen-bond acceptors (Lipinski definition) is 2. The molecule has 1 fully saturated rings. The Labute approximate surface area is 103 Å². The topological polar surface area (TPSA) is 46.3 Å². The molecule has 1 aromatic rings. The van der Waals surface area contributed by atoms with Crippen LogP contribution in [0.3, 0.4) is 0 Å². The average Bonchev–Trinajstić information content (AvgIpc) is 2.39. The summed E-state index contributed by atoms with van der Waals surface area (Å²) in [6.07, 6.45) is 2.09. The van der Waals surface area contributed by atoms with Gasteiger partial charge >= 0.3 is 0 Å². The zero-order chi connectivity index (χ0) is 12.3. The van der Waals surface area contributed by atoms with Crippen LogP contribution in [0, 0.1) is 0 Å². The van der Waals surface area contributed by atoms with Crippen LogP contribution in [0.2, 0.25) is 0 Å². The first-order valence-electron chi connectivity index (χ1n) is 6.28. The summed E-state index contributed by atoms with van der Waals surface area (Å²) in [6.45, 7) is 3.42. The van der Waals surface area contributed by atoms with Crippen molar-refractivity contribution in [3.8, 4) is 0 Å². The Bertz CT molecular complexity index is 367. The number of likely N-dealkylation sites (tertiary alicyclic amines) is 1. The molecule has 92 valence electrons. The summed E-state index contributed by atoms with van der Waals surface area (Å²) in [7, 11) is 0. The summed E-state index contributed by atoms with van der Waals surface area (Å²) >= 11 is 0. The van der Waals surface area contributed by atoms with E-state index >= 15 is 0 Å². The zero-order valence-corrected chi connectivity index (χ0v) is 10.3. The summed E-state index contributed by atoms with van der Waals surface area (Å²) in [5, 5.41) is 0. The quantitative estimate of drug-likeness (QED) is 0.844. The molecule has 1 atom stereocenters. The molecule has 2 N–H and O–H groups in total. The maximum atomic E-state index is 11.7. The van der Waals surface area contributed by atoms with Gasteiger partial charge in [-0.2, -0.15) is 0 Å². The predicted octanol–water partition coefficient (Wildman–Crippen LogP) is 1.74. The second-order valence-corrected chi connectivity index (χ2v) is 4.80. The van der Waals surface area contributed by atoms with Crippen molar-refractivity contribution in [3.63, 3.8) is 0 Å². The molecule has 3 heteroatoms. The molecule has 17 heavy (non-hydrogen) atoms. The van der Waals surface area contributed by atoms with Crippen molar-refractivity contribution in [1.29, 1.82) is 0 Å². The second-order valence-electron chi connectivity index (χ2n) is 4.80. The van der Waals surface area contributed by atoms with E-state index in [-0.39, 0.29) is 11.9 Å². The molecule has 0 radical (unpaired) electrons. The standard InChI is InChI=1S/C14H20N2O/c1-11(15)14(17)16-9-7-13(8-10-16)12-5-3-2-4-6-12/h2-6,11,13H,7-10,15H2,1H3/t11-/m1/s1. The van der Waals surface area contributed by atoms with Crippen LogP contribution >= 0.6 is 0 Å². The van der Waals surface area contributed by atoms with E-state index in [1.54, 1.807) is 6.92 Å². The van der Waals surface area contributed by atoms with E-state index in [0.29, 0.717) is 5.92 Å². The van der Waals surface area contributed by atoms with Gasteiger partial charge in [-0.05, 0) is 31.2 Å². The summed E-state index contributed by atoms with van der Waals surface area (Å²) in [4.78, 5) is 13.6. The number of rotatable bonds is 2. The number of carbonyl (C=O) groups is 1. The normalized spacial score (nSPS) is 19.1. The molecular weight excluding hydrogens is 212 g/mol. The molecule has 0 unspecified atom stereocenters. The molecular formula is C14H20N2O. The molecule has 0 aliphatic carbocycles. The van der Waals surface area contributed by atoms with Gasteiger partial charge in [0.15, 0.2) is 0 Å². The van der Waals surface area contributed by atoms with Gasteiger partial charge in [0.1, 0.15) is 0 Å². The van der Waals surface area contributed by atoms with Crippen molar-refractivity contribution >= 4 is 5.91 Å². The van der Waals surface area contributed by atoms with E-state index in [0.717, 1.165) is 25.9 Å². The number of carbonyl (C=O) groups excluding carboxylic acids is 1. The molecule has 0 aromatic heterocycles. The van der Waals surface area contributed by atoms with E-state index in [2.05, 4.69) is 24.3 Å². The Kier molecular flexibility index (Phi) is 3.79. The fraction of sp³-hybridized carbons (Fsp3) is 0.500. The largest absolute Gasteiger partial charge is 0.341 e. The maximum Gasteiger partial charge on any atom is 0.239 e. The van der Waals surface area contributed by atoms with E-state index < -0.39 is 0 Å². The average molecular weight is 232 g/mol. The molecule has 1 aliphatic rings. The lowest BCUT2D eigenvalue weighted by Crippen LogP contribution is -2.45. The van der Waals surface area contributed by atoms with Gasteiger partial charge in [-0.25, -0.2) is 0 Å². The SMILES string of the molecule is C[C@@H](N)C(=O)N1CCC(c2ccccc2)CC1. The van der Waals surface area contributed by atoms with Crippen LogP contribution in [0.15, 0.2) is 30.3 Å². The molecule has 0 spiro atoms. The highest BCUT2D eigenvalue weighted by atomic mass is 16.2. The highest BCUT2D eigenvalue weighted by Gasteiger charge is 2.24. The van der Waals surface area contributed by atoms with Crippen LogP contribution in [-0.2, 0) is 4.79 Å². The molecule has 1 aliphatic heterocycles. The minimum atomic E-state index is -0.372. The highest BCUT2D eigenvalue weighted by Crippen LogP contribution is 2.27. The predicted molar refractivity (Wildman–Crippen MR) is 68.6 cm³/mol. The van der Waals surface area contributed by atoms with E-state index in [1.165, 1.54) is 5.56 Å². The van der Waals surface area contributed by atoms with E-state index in [9.17, 15) is 4.79 Å². The van der Waals surface area contributed by atoms with Gasteiger partial charge in [-0.1, -0.05) is 30.3 Å². The Morgan fingerprint density at radius 1 is 1.29 bits per heavy atom. The van der Waals surface area contributed by atoms with Crippen LogP contribution in [0.25, 0.3) is 0 Å². The van der Waals surface area contributed by atoms with Crippen molar-refractivity contribution in [2.45, 2.75) is 31.7 Å². The molecule has 0 bridgehead atoms. The number of amides is 1. The van der Waals surface area contributed by atoms with Gasteiger partial charge in [0.2, 0.25) is 5.91 Å². The van der Waals surface area contributed by atoms with Gasteiger partial charge in [0.05, 0.1) is 6.04 Å². The number of nitrogens with two attached hydrogens (primary N) is 1. The number of piperidine rings is 1. The van der Waals surface area contributed by atoms with E-state index in [1.807, 2.05) is 11.0 Å². The van der Waals surface area contributed by atoms with Crippen LogP contribution < -0.4 is 5.73 Å². The van der Waals surface area contributed by atoms with Crippen molar-refractivity contribution in [3.05, 3.63) is 35.9 Å². The molecule has 1 amide bonds. The summed E-state index contributed by atoms with van der Waals surface area (Å²) in [5.41, 5.74) is 7.01. The molecule has 1 heterocycles. The lowest BCUT2D eigenvalue weighted by Gasteiger charge is -2.33. The molecule has 3 nitrogen and oxygen atoms in total. The zero-order valence-electron chi connectivity index (χ0n) is 10.3. The van der Waals surface area contributed by atoms with Crippen LogP contribution in [0.4, 0.5) is 0 Å². The van der Waals surface area contributed by atoms with Crippen molar-refractivity contribution in [2.75, 3.05) is 13.1 Å². The van der Waals surface area contributed by atoms with Crippen LogP contribution in [-0.4, -0.2) is 29.9 Å². The molecule has 2 rings (SSSR count). The Balaban J connectivity index is 1.93. The maximum absolute atomic E-state index is 11.7. The molecule has 1 saturated heterocycles. The number of nitrogens with zero attached hydrogens (tertiary/aromatic N) is 1. The van der Waals surface area contributed by atoms with E-state index in [4.69, 9.17) is 5.73 Å². The first-order chi connectivity index (χ1) is 8.18. The summed E-state index contributed by atoms with van der Waals surface area (Å²) in [6, 6.07) is 10.2. The van der Waals surface area contributed by atoms with Gasteiger partial charge in [0, 0.05) is 13.1 Å². The Morgan fingerprint density at radius 2 is 1.88 bits per heavy atom. The van der Waals surface area contributed by atoms with Gasteiger partial charge < -0.3 is 10.6 Å². The number of benzene rings is 1. The monoisotopic (exact) mass is 232 g/mol.